The van der Waals surface area contributed by atoms with Crippen molar-refractivity contribution < 1.29 is 9.84 Å². The van der Waals surface area contributed by atoms with Gasteiger partial charge < -0.3 is 15.2 Å². The van der Waals surface area contributed by atoms with Gasteiger partial charge in [0, 0.05) is 35.4 Å². The maximum Gasteiger partial charge on any atom is 0.0821 e. The van der Waals surface area contributed by atoms with Gasteiger partial charge in [-0.3, -0.25) is 0 Å². The van der Waals surface area contributed by atoms with Crippen molar-refractivity contribution in [2.75, 3.05) is 19.8 Å². The van der Waals surface area contributed by atoms with Crippen LogP contribution in [0.5, 0.6) is 0 Å². The van der Waals surface area contributed by atoms with E-state index in [4.69, 9.17) is 16.3 Å². The number of rotatable bonds is 8. The van der Waals surface area contributed by atoms with Crippen LogP contribution in [0, 0.1) is 11.8 Å². The highest BCUT2D eigenvalue weighted by molar-refractivity contribution is 6.32. The summed E-state index contributed by atoms with van der Waals surface area (Å²) in [5.41, 5.74) is 3.79. The molecule has 28 heavy (non-hydrogen) atoms. The first-order chi connectivity index (χ1) is 13.4. The lowest BCUT2D eigenvalue weighted by Crippen LogP contribution is -2.43. The monoisotopic (exact) mass is 403 g/mol. The summed E-state index contributed by atoms with van der Waals surface area (Å²) in [6.07, 6.45) is 14.3. The molecule has 3 atom stereocenters. The summed E-state index contributed by atoms with van der Waals surface area (Å²) in [4.78, 5) is 0. The van der Waals surface area contributed by atoms with Gasteiger partial charge in [0.2, 0.25) is 0 Å². The molecular formula is C24H34ClNO2. The number of halogens is 1. The largest absolute Gasteiger partial charge is 0.388 e. The van der Waals surface area contributed by atoms with E-state index in [0.717, 1.165) is 67.2 Å². The van der Waals surface area contributed by atoms with Crippen LogP contribution in [0.25, 0.3) is 0 Å². The summed E-state index contributed by atoms with van der Waals surface area (Å²) in [5.74, 6) is 0.858. The molecule has 3 nitrogen and oxygen atoms in total. The van der Waals surface area contributed by atoms with Gasteiger partial charge in [-0.2, -0.15) is 0 Å². The van der Waals surface area contributed by atoms with Gasteiger partial charge in [0.1, 0.15) is 0 Å². The molecule has 154 valence electrons. The Bertz CT molecular complexity index is 718. The van der Waals surface area contributed by atoms with Crippen molar-refractivity contribution in [2.45, 2.75) is 58.0 Å². The zero-order valence-corrected chi connectivity index (χ0v) is 18.0. The Morgan fingerprint density at radius 1 is 1.46 bits per heavy atom. The molecule has 4 heteroatoms. The molecule has 3 aliphatic carbocycles. The van der Waals surface area contributed by atoms with Crippen LogP contribution in [0.15, 0.2) is 58.3 Å². The van der Waals surface area contributed by atoms with Crippen LogP contribution in [0.3, 0.4) is 0 Å². The highest BCUT2D eigenvalue weighted by atomic mass is 35.5. The molecule has 3 rings (SSSR count). The van der Waals surface area contributed by atoms with E-state index in [9.17, 15) is 5.11 Å². The van der Waals surface area contributed by atoms with Crippen LogP contribution in [-0.4, -0.2) is 30.5 Å². The molecular weight excluding hydrogens is 370 g/mol. The Morgan fingerprint density at radius 3 is 3.04 bits per heavy atom. The lowest BCUT2D eigenvalue weighted by atomic mass is 9.79. The molecule has 2 N–H and O–H groups in total. The number of hydrogen-bond donors (Lipinski definition) is 2. The minimum atomic E-state index is -0.643. The van der Waals surface area contributed by atoms with Gasteiger partial charge in [-0.05, 0) is 50.2 Å². The average Bonchev–Trinajstić information content (AvgIpc) is 2.91. The second kappa shape index (κ2) is 9.47. The molecule has 0 aromatic heterocycles. The van der Waals surface area contributed by atoms with Crippen LogP contribution in [0.2, 0.25) is 0 Å². The van der Waals surface area contributed by atoms with Crippen molar-refractivity contribution in [2.24, 2.45) is 11.8 Å². The normalized spacial score (nSPS) is 29.9. The molecule has 0 spiro atoms. The molecule has 1 unspecified atom stereocenters. The second-order valence-corrected chi connectivity index (χ2v) is 8.89. The minimum Gasteiger partial charge on any atom is -0.388 e. The highest BCUT2D eigenvalue weighted by Crippen LogP contribution is 2.44. The maximum absolute atomic E-state index is 11.0. The number of fused-ring (bicyclic) bond motifs is 1. The zero-order chi connectivity index (χ0) is 20.1. The third-order valence-electron chi connectivity index (χ3n) is 6.19. The molecule has 1 saturated carbocycles. The van der Waals surface area contributed by atoms with Gasteiger partial charge in [-0.15, -0.1) is 0 Å². The van der Waals surface area contributed by atoms with Crippen molar-refractivity contribution in [3.8, 4) is 0 Å². The molecule has 0 aromatic carbocycles. The fraction of sp³-hybridized carbons (Fsp3) is 0.583. The van der Waals surface area contributed by atoms with Crippen molar-refractivity contribution in [1.82, 2.24) is 5.32 Å². The van der Waals surface area contributed by atoms with Gasteiger partial charge >= 0.3 is 0 Å². The highest BCUT2D eigenvalue weighted by Gasteiger charge is 2.34. The number of nitrogens with one attached hydrogen (secondary N) is 1. The topological polar surface area (TPSA) is 41.5 Å². The quantitative estimate of drug-likeness (QED) is 0.533. The molecule has 0 bridgehead atoms. The van der Waals surface area contributed by atoms with Gasteiger partial charge in [0.15, 0.2) is 0 Å². The molecule has 0 radical (unpaired) electrons. The molecule has 0 aliphatic heterocycles. The number of allylic oxidation sites excluding steroid dienone is 6. The van der Waals surface area contributed by atoms with E-state index in [1.54, 1.807) is 0 Å². The first-order valence-corrected chi connectivity index (χ1v) is 11.0. The maximum atomic E-state index is 11.0. The Balaban J connectivity index is 1.75. The first-order valence-electron chi connectivity index (χ1n) is 10.6. The van der Waals surface area contributed by atoms with E-state index < -0.39 is 5.60 Å². The number of hydrogen-bond acceptors (Lipinski definition) is 3. The van der Waals surface area contributed by atoms with Gasteiger partial charge in [-0.1, -0.05) is 61.7 Å². The SMILES string of the molecule is C=C(NC[C@]1(O)CCC[C@H](C)C1)C1=C2C(Cl)=CC=CCC2C(CCOCC)=C1. The van der Waals surface area contributed by atoms with Gasteiger partial charge in [0.25, 0.3) is 0 Å². The van der Waals surface area contributed by atoms with E-state index in [0.29, 0.717) is 12.5 Å². The molecule has 1 fully saturated rings. The summed E-state index contributed by atoms with van der Waals surface area (Å²) in [7, 11) is 0. The number of ether oxygens (including phenoxy) is 1. The fourth-order valence-electron chi connectivity index (χ4n) is 4.75. The van der Waals surface area contributed by atoms with Crippen molar-refractivity contribution in [3.63, 3.8) is 0 Å². The Labute approximate surface area is 174 Å². The molecule has 0 amide bonds. The molecule has 0 heterocycles. The standard InChI is InChI=1S/C24H34ClNO2/c1-4-28-13-11-19-14-21(23-20(19)9-5-6-10-22(23)25)18(3)26-16-24(27)12-7-8-17(2)15-24/h5-6,10,14,17,20,26-27H,3-4,7-9,11-13,15-16H2,1-2H3/t17-,20?,24-/m0/s1. The lowest BCUT2D eigenvalue weighted by Gasteiger charge is -2.36. The third-order valence-corrected chi connectivity index (χ3v) is 6.52. The van der Waals surface area contributed by atoms with Crippen molar-refractivity contribution >= 4 is 11.6 Å². The molecule has 3 aliphatic rings. The summed E-state index contributed by atoms with van der Waals surface area (Å²) in [5, 5.41) is 15.2. The predicted molar refractivity (Wildman–Crippen MR) is 117 cm³/mol. The van der Waals surface area contributed by atoms with E-state index in [-0.39, 0.29) is 5.92 Å². The fourth-order valence-corrected chi connectivity index (χ4v) is 5.05. The van der Waals surface area contributed by atoms with Crippen molar-refractivity contribution in [3.05, 3.63) is 58.3 Å². The van der Waals surface area contributed by atoms with E-state index in [1.807, 2.05) is 19.1 Å². The first kappa shape index (κ1) is 21.4. The Hall–Kier alpha value is -1.29. The van der Waals surface area contributed by atoms with Crippen LogP contribution >= 0.6 is 11.6 Å². The summed E-state index contributed by atoms with van der Waals surface area (Å²) in [6, 6.07) is 0. The summed E-state index contributed by atoms with van der Waals surface area (Å²) < 4.78 is 5.58. The van der Waals surface area contributed by atoms with Crippen LogP contribution in [0.1, 0.15) is 52.4 Å². The molecule has 0 aromatic rings. The number of aliphatic hydroxyl groups is 1. The minimum absolute atomic E-state index is 0.286. The van der Waals surface area contributed by atoms with Crippen LogP contribution in [0.4, 0.5) is 0 Å². The predicted octanol–water partition coefficient (Wildman–Crippen LogP) is 5.39. The van der Waals surface area contributed by atoms with E-state index in [2.05, 4.69) is 31.0 Å². The van der Waals surface area contributed by atoms with Crippen LogP contribution < -0.4 is 5.32 Å². The summed E-state index contributed by atoms with van der Waals surface area (Å²) >= 11 is 6.65. The van der Waals surface area contributed by atoms with E-state index >= 15 is 0 Å². The molecule has 0 saturated heterocycles. The Morgan fingerprint density at radius 2 is 2.29 bits per heavy atom. The third kappa shape index (κ3) is 5.00. The van der Waals surface area contributed by atoms with Crippen LogP contribution in [-0.2, 0) is 4.74 Å². The summed E-state index contributed by atoms with van der Waals surface area (Å²) in [6.45, 7) is 10.5. The average molecular weight is 404 g/mol. The van der Waals surface area contributed by atoms with Crippen molar-refractivity contribution in [1.29, 1.82) is 0 Å². The Kier molecular flexibility index (Phi) is 7.25. The lowest BCUT2D eigenvalue weighted by molar-refractivity contribution is -0.00963. The smallest absolute Gasteiger partial charge is 0.0821 e. The van der Waals surface area contributed by atoms with E-state index in [1.165, 1.54) is 12.0 Å². The zero-order valence-electron chi connectivity index (χ0n) is 17.3. The van der Waals surface area contributed by atoms with Gasteiger partial charge in [0.05, 0.1) is 12.2 Å². The second-order valence-electron chi connectivity index (χ2n) is 8.48. The van der Waals surface area contributed by atoms with Gasteiger partial charge in [-0.25, -0.2) is 0 Å².